The van der Waals surface area contributed by atoms with Crippen molar-refractivity contribution in [2.75, 3.05) is 0 Å². The van der Waals surface area contributed by atoms with Gasteiger partial charge in [0.25, 0.3) is 0 Å². The molecule has 0 saturated heterocycles. The predicted octanol–water partition coefficient (Wildman–Crippen LogP) is 3.01. The van der Waals surface area contributed by atoms with Crippen LogP contribution in [-0.2, 0) is 19.3 Å². The molecule has 2 N–H and O–H groups in total. The van der Waals surface area contributed by atoms with Gasteiger partial charge in [0.15, 0.2) is 0 Å². The van der Waals surface area contributed by atoms with Gasteiger partial charge in [-0.2, -0.15) is 0 Å². The first-order valence-corrected chi connectivity index (χ1v) is 9.17. The predicted molar refractivity (Wildman–Crippen MR) is 92.3 cm³/mol. The van der Waals surface area contributed by atoms with E-state index in [4.69, 9.17) is 0 Å². The highest BCUT2D eigenvalue weighted by Crippen LogP contribution is 2.10. The Morgan fingerprint density at radius 3 is 1.61 bits per heavy atom. The molecule has 0 bridgehead atoms. The van der Waals surface area contributed by atoms with Gasteiger partial charge in [-0.1, -0.05) is 46.5 Å². The Kier molecular flexibility index (Phi) is 9.96. The third-order valence-electron chi connectivity index (χ3n) is 3.86. The lowest BCUT2D eigenvalue weighted by molar-refractivity contribution is 0.158. The lowest BCUT2D eigenvalue weighted by atomic mass is 10.1. The average molecular weight is 323 g/mol. The minimum atomic E-state index is -0.403. The van der Waals surface area contributed by atoms with Crippen molar-refractivity contribution in [3.05, 3.63) is 17.5 Å². The number of aryl methyl sites for hydroxylation is 1. The summed E-state index contributed by atoms with van der Waals surface area (Å²) in [5, 5.41) is 20.0. The van der Waals surface area contributed by atoms with Gasteiger partial charge in [-0.3, -0.25) is 0 Å². The first-order valence-electron chi connectivity index (χ1n) is 9.17. The molecule has 23 heavy (non-hydrogen) atoms. The molecule has 2 unspecified atom stereocenters. The van der Waals surface area contributed by atoms with Gasteiger partial charge in [0, 0.05) is 19.3 Å². The van der Waals surface area contributed by atoms with Crippen molar-refractivity contribution in [3.63, 3.8) is 0 Å². The van der Waals surface area contributed by atoms with Gasteiger partial charge in [0.05, 0.1) is 12.2 Å². The molecule has 0 fully saturated rings. The summed E-state index contributed by atoms with van der Waals surface area (Å²) in [7, 11) is 0. The van der Waals surface area contributed by atoms with Crippen LogP contribution in [0.1, 0.15) is 83.2 Å². The maximum atomic E-state index is 10.0. The third-order valence-corrected chi connectivity index (χ3v) is 3.86. The third kappa shape index (κ3) is 8.37. The van der Waals surface area contributed by atoms with Gasteiger partial charge in [-0.15, -0.1) is 0 Å². The Labute approximate surface area is 140 Å². The summed E-state index contributed by atoms with van der Waals surface area (Å²) in [4.78, 5) is 13.5. The second kappa shape index (κ2) is 11.5. The molecule has 1 aromatic heterocycles. The molecular formula is C18H33N3O2. The van der Waals surface area contributed by atoms with Crippen LogP contribution in [-0.4, -0.2) is 37.4 Å². The Hall–Kier alpha value is -1.07. The van der Waals surface area contributed by atoms with Crippen LogP contribution in [0, 0.1) is 0 Å². The van der Waals surface area contributed by atoms with E-state index in [1.54, 1.807) is 0 Å². The molecule has 132 valence electrons. The molecule has 5 nitrogen and oxygen atoms in total. The standard InChI is InChI=1S/C18H33N3O2/c1-4-7-8-11-16-19-17(12-14(22)9-5-2)21-18(20-16)13-15(23)10-6-3/h14-15,22-23H,4-13H2,1-3H3. The van der Waals surface area contributed by atoms with Crippen LogP contribution in [0.4, 0.5) is 0 Å². The topological polar surface area (TPSA) is 79.1 Å². The van der Waals surface area contributed by atoms with Gasteiger partial charge in [0.2, 0.25) is 0 Å². The lowest BCUT2D eigenvalue weighted by Crippen LogP contribution is -2.18. The van der Waals surface area contributed by atoms with Crippen molar-refractivity contribution < 1.29 is 10.2 Å². The van der Waals surface area contributed by atoms with Crippen molar-refractivity contribution >= 4 is 0 Å². The second-order valence-electron chi connectivity index (χ2n) is 6.33. The fraction of sp³-hybridized carbons (Fsp3) is 0.833. The van der Waals surface area contributed by atoms with E-state index >= 15 is 0 Å². The second-order valence-corrected chi connectivity index (χ2v) is 6.33. The first kappa shape index (κ1) is 20.0. The molecule has 2 atom stereocenters. The molecule has 0 aliphatic heterocycles. The van der Waals surface area contributed by atoms with Crippen molar-refractivity contribution in [2.24, 2.45) is 0 Å². The summed E-state index contributed by atoms with van der Waals surface area (Å²) in [6, 6.07) is 0. The smallest absolute Gasteiger partial charge is 0.135 e. The SMILES string of the molecule is CCCCCc1nc(CC(O)CCC)nc(CC(O)CCC)n1. The molecule has 0 aromatic carbocycles. The van der Waals surface area contributed by atoms with Crippen molar-refractivity contribution in [2.45, 2.75) is 97.2 Å². The van der Waals surface area contributed by atoms with E-state index in [0.717, 1.165) is 57.2 Å². The zero-order valence-corrected chi connectivity index (χ0v) is 15.0. The number of rotatable bonds is 12. The Morgan fingerprint density at radius 1 is 0.696 bits per heavy atom. The molecule has 0 amide bonds. The zero-order chi connectivity index (χ0) is 17.1. The molecule has 0 saturated carbocycles. The van der Waals surface area contributed by atoms with Crippen LogP contribution in [0.2, 0.25) is 0 Å². The van der Waals surface area contributed by atoms with E-state index in [1.165, 1.54) is 0 Å². The summed E-state index contributed by atoms with van der Waals surface area (Å²) in [6.07, 6.45) is 7.74. The summed E-state index contributed by atoms with van der Waals surface area (Å²) < 4.78 is 0. The van der Waals surface area contributed by atoms with Crippen LogP contribution in [0.5, 0.6) is 0 Å². The summed E-state index contributed by atoms with van der Waals surface area (Å²) in [5.41, 5.74) is 0. The minimum Gasteiger partial charge on any atom is -0.393 e. The molecule has 0 spiro atoms. The summed E-state index contributed by atoms with van der Waals surface area (Å²) in [5.74, 6) is 2.11. The largest absolute Gasteiger partial charge is 0.393 e. The van der Waals surface area contributed by atoms with E-state index in [9.17, 15) is 10.2 Å². The van der Waals surface area contributed by atoms with Crippen LogP contribution >= 0.6 is 0 Å². The molecule has 0 aliphatic carbocycles. The van der Waals surface area contributed by atoms with Gasteiger partial charge in [-0.25, -0.2) is 15.0 Å². The number of aliphatic hydroxyl groups is 2. The molecule has 0 aliphatic rings. The number of unbranched alkanes of at least 4 members (excludes halogenated alkanes) is 2. The number of nitrogens with zero attached hydrogens (tertiary/aromatic N) is 3. The van der Waals surface area contributed by atoms with Crippen LogP contribution < -0.4 is 0 Å². The Balaban J connectivity index is 2.82. The summed E-state index contributed by atoms with van der Waals surface area (Å²) >= 11 is 0. The molecule has 1 heterocycles. The Morgan fingerprint density at radius 2 is 1.17 bits per heavy atom. The van der Waals surface area contributed by atoms with Gasteiger partial charge >= 0.3 is 0 Å². The van der Waals surface area contributed by atoms with Crippen molar-refractivity contribution in [3.8, 4) is 0 Å². The van der Waals surface area contributed by atoms with E-state index in [-0.39, 0.29) is 0 Å². The normalized spacial score (nSPS) is 14.0. The fourth-order valence-electron chi connectivity index (χ4n) is 2.64. The van der Waals surface area contributed by atoms with Crippen LogP contribution in [0.25, 0.3) is 0 Å². The van der Waals surface area contributed by atoms with Crippen molar-refractivity contribution in [1.82, 2.24) is 15.0 Å². The molecule has 5 heteroatoms. The highest BCUT2D eigenvalue weighted by atomic mass is 16.3. The lowest BCUT2D eigenvalue weighted by Gasteiger charge is -2.12. The fourth-order valence-corrected chi connectivity index (χ4v) is 2.64. The molecule has 0 radical (unpaired) electrons. The number of aliphatic hydroxyl groups excluding tert-OH is 2. The molecular weight excluding hydrogens is 290 g/mol. The van der Waals surface area contributed by atoms with E-state index in [0.29, 0.717) is 24.5 Å². The average Bonchev–Trinajstić information content (AvgIpc) is 2.47. The monoisotopic (exact) mass is 323 g/mol. The van der Waals surface area contributed by atoms with Crippen molar-refractivity contribution in [1.29, 1.82) is 0 Å². The van der Waals surface area contributed by atoms with E-state index < -0.39 is 12.2 Å². The number of aromatic nitrogens is 3. The van der Waals surface area contributed by atoms with Gasteiger partial charge in [0.1, 0.15) is 17.5 Å². The maximum Gasteiger partial charge on any atom is 0.135 e. The highest BCUT2D eigenvalue weighted by Gasteiger charge is 2.13. The molecule has 1 rings (SSSR count). The van der Waals surface area contributed by atoms with E-state index in [1.807, 2.05) is 0 Å². The highest BCUT2D eigenvalue weighted by molar-refractivity contribution is 5.00. The first-order chi connectivity index (χ1) is 11.1. The zero-order valence-electron chi connectivity index (χ0n) is 15.0. The van der Waals surface area contributed by atoms with Gasteiger partial charge in [-0.05, 0) is 19.3 Å². The summed E-state index contributed by atoms with van der Waals surface area (Å²) in [6.45, 7) is 6.28. The van der Waals surface area contributed by atoms with Gasteiger partial charge < -0.3 is 10.2 Å². The number of hydrogen-bond donors (Lipinski definition) is 2. The van der Waals surface area contributed by atoms with E-state index in [2.05, 4.69) is 35.7 Å². The number of hydrogen-bond acceptors (Lipinski definition) is 5. The Bertz CT molecular complexity index is 408. The van der Waals surface area contributed by atoms with Crippen LogP contribution in [0.15, 0.2) is 0 Å². The quantitative estimate of drug-likeness (QED) is 0.578. The minimum absolute atomic E-state index is 0.403. The maximum absolute atomic E-state index is 10.0. The molecule has 1 aromatic rings. The van der Waals surface area contributed by atoms with Crippen LogP contribution in [0.3, 0.4) is 0 Å².